The first-order valence-corrected chi connectivity index (χ1v) is 8.22. The number of rotatable bonds is 5. The maximum atomic E-state index is 12.3. The van der Waals surface area contributed by atoms with Gasteiger partial charge in [0, 0.05) is 19.2 Å². The monoisotopic (exact) mass is 368 g/mol. The summed E-state index contributed by atoms with van der Waals surface area (Å²) in [6, 6.07) is 6.82. The smallest absolute Gasteiger partial charge is 0.329 e. The van der Waals surface area contributed by atoms with E-state index in [9.17, 15) is 14.7 Å². The molecule has 27 heavy (non-hydrogen) atoms. The number of hydrogen-bond acceptors (Lipinski definition) is 6. The van der Waals surface area contributed by atoms with Gasteiger partial charge in [-0.05, 0) is 26.0 Å². The number of aromatic hydroxyl groups is 1. The summed E-state index contributed by atoms with van der Waals surface area (Å²) in [6.45, 7) is 7.75. The summed E-state index contributed by atoms with van der Waals surface area (Å²) < 4.78 is 2.87. The van der Waals surface area contributed by atoms with Crippen molar-refractivity contribution in [1.82, 2.24) is 19.1 Å². The molecule has 0 atom stereocenters. The quantitative estimate of drug-likeness (QED) is 0.359. The molecular formula is C18H20N6O3. The molecule has 0 unspecified atom stereocenters. The summed E-state index contributed by atoms with van der Waals surface area (Å²) in [6.07, 6.45) is 0. The van der Waals surface area contributed by atoms with Gasteiger partial charge in [-0.2, -0.15) is 10.1 Å². The Hall–Kier alpha value is -3.62. The molecule has 0 radical (unpaired) electrons. The Balaban J connectivity index is 2.12. The molecule has 3 N–H and O–H groups in total. The molecule has 0 saturated carbocycles. The fraction of sp³-hybridized carbons (Fsp3) is 0.222. The van der Waals surface area contributed by atoms with Crippen molar-refractivity contribution in [3.63, 3.8) is 0 Å². The van der Waals surface area contributed by atoms with E-state index in [1.807, 2.05) is 6.92 Å². The second-order valence-electron chi connectivity index (χ2n) is 6.30. The van der Waals surface area contributed by atoms with Gasteiger partial charge >= 0.3 is 5.69 Å². The molecule has 0 aliphatic rings. The maximum Gasteiger partial charge on any atom is 0.329 e. The van der Waals surface area contributed by atoms with Gasteiger partial charge in [-0.1, -0.05) is 24.3 Å². The fourth-order valence-corrected chi connectivity index (χ4v) is 2.72. The van der Waals surface area contributed by atoms with Crippen LogP contribution < -0.4 is 16.7 Å². The van der Waals surface area contributed by atoms with Crippen LogP contribution in [-0.2, 0) is 13.6 Å². The minimum absolute atomic E-state index is 0.106. The number of H-pyrrole nitrogens is 1. The summed E-state index contributed by atoms with van der Waals surface area (Å²) in [5, 5.41) is 14.2. The highest BCUT2D eigenvalue weighted by molar-refractivity contribution is 6.01. The van der Waals surface area contributed by atoms with Gasteiger partial charge in [0.15, 0.2) is 11.2 Å². The van der Waals surface area contributed by atoms with E-state index in [0.29, 0.717) is 17.8 Å². The van der Waals surface area contributed by atoms with Gasteiger partial charge in [-0.3, -0.25) is 18.9 Å². The second kappa shape index (κ2) is 6.94. The summed E-state index contributed by atoms with van der Waals surface area (Å²) >= 11 is 0. The number of aromatic nitrogens is 4. The lowest BCUT2D eigenvalue weighted by molar-refractivity contribution is 0.474. The van der Waals surface area contributed by atoms with Crippen molar-refractivity contribution >= 4 is 22.8 Å². The minimum Gasteiger partial charge on any atom is -0.507 e. The number of benzene rings is 1. The van der Waals surface area contributed by atoms with Crippen LogP contribution >= 0.6 is 0 Å². The Morgan fingerprint density at radius 1 is 1.33 bits per heavy atom. The Morgan fingerprint density at radius 3 is 2.70 bits per heavy atom. The van der Waals surface area contributed by atoms with Crippen molar-refractivity contribution in [3.05, 3.63) is 62.8 Å². The van der Waals surface area contributed by atoms with E-state index in [4.69, 9.17) is 0 Å². The number of nitrogens with one attached hydrogen (secondary N) is 2. The first-order chi connectivity index (χ1) is 12.8. The van der Waals surface area contributed by atoms with Crippen LogP contribution in [0, 0.1) is 0 Å². The number of allylic oxidation sites excluding steroid dienone is 1. The molecule has 0 spiro atoms. The second-order valence-corrected chi connectivity index (χ2v) is 6.30. The third-order valence-corrected chi connectivity index (χ3v) is 4.05. The van der Waals surface area contributed by atoms with Crippen LogP contribution in [0.25, 0.3) is 11.2 Å². The van der Waals surface area contributed by atoms with Gasteiger partial charge in [-0.25, -0.2) is 10.2 Å². The Bertz CT molecular complexity index is 1180. The topological polar surface area (TPSA) is 117 Å². The zero-order valence-electron chi connectivity index (χ0n) is 15.3. The Labute approximate surface area is 154 Å². The van der Waals surface area contributed by atoms with Crippen LogP contribution in [0.1, 0.15) is 19.4 Å². The van der Waals surface area contributed by atoms with Gasteiger partial charge in [0.25, 0.3) is 5.56 Å². The first kappa shape index (κ1) is 18.2. The molecule has 2 aromatic heterocycles. The summed E-state index contributed by atoms with van der Waals surface area (Å²) in [5.74, 6) is 0.393. The van der Waals surface area contributed by atoms with E-state index in [0.717, 1.165) is 5.57 Å². The predicted octanol–water partition coefficient (Wildman–Crippen LogP) is 1.54. The van der Waals surface area contributed by atoms with Gasteiger partial charge in [-0.15, -0.1) is 0 Å². The van der Waals surface area contributed by atoms with Gasteiger partial charge in [0.1, 0.15) is 5.75 Å². The number of phenolic OH excluding ortho intramolecular Hbond substituents is 1. The molecule has 0 aliphatic carbocycles. The normalized spacial score (nSPS) is 11.7. The highest BCUT2D eigenvalue weighted by atomic mass is 16.3. The lowest BCUT2D eigenvalue weighted by atomic mass is 10.1. The van der Waals surface area contributed by atoms with Crippen molar-refractivity contribution in [2.75, 3.05) is 5.43 Å². The van der Waals surface area contributed by atoms with Gasteiger partial charge < -0.3 is 5.11 Å². The SMILES string of the molecule is C=C(C)Cn1c(N/N=C(\C)c2ccccc2O)nc2c1c(=O)[nH]c(=O)n2C. The van der Waals surface area contributed by atoms with Crippen molar-refractivity contribution in [3.8, 4) is 5.75 Å². The lowest BCUT2D eigenvalue weighted by Gasteiger charge is -2.09. The van der Waals surface area contributed by atoms with E-state index >= 15 is 0 Å². The van der Waals surface area contributed by atoms with Crippen LogP contribution in [0.2, 0.25) is 0 Å². The number of imidazole rings is 1. The molecule has 0 amide bonds. The summed E-state index contributed by atoms with van der Waals surface area (Å²) in [5.41, 5.74) is 4.13. The molecule has 0 aliphatic heterocycles. The van der Waals surface area contributed by atoms with Crippen molar-refractivity contribution in [2.24, 2.45) is 12.1 Å². The van der Waals surface area contributed by atoms with Crippen LogP contribution in [-0.4, -0.2) is 29.9 Å². The summed E-state index contributed by atoms with van der Waals surface area (Å²) in [7, 11) is 1.53. The zero-order chi connectivity index (χ0) is 19.7. The minimum atomic E-state index is -0.548. The number of hydrazone groups is 1. The molecular weight excluding hydrogens is 348 g/mol. The molecule has 3 aromatic rings. The van der Waals surface area contributed by atoms with Crippen molar-refractivity contribution < 1.29 is 5.11 Å². The number of anilines is 1. The van der Waals surface area contributed by atoms with Crippen LogP contribution in [0.4, 0.5) is 5.95 Å². The highest BCUT2D eigenvalue weighted by Crippen LogP contribution is 2.19. The van der Waals surface area contributed by atoms with Crippen LogP contribution in [0.5, 0.6) is 5.75 Å². The molecule has 0 saturated heterocycles. The van der Waals surface area contributed by atoms with Gasteiger partial charge in [0.2, 0.25) is 5.95 Å². The number of aryl methyl sites for hydroxylation is 1. The molecule has 1 aromatic carbocycles. The molecule has 3 rings (SSSR count). The molecule has 2 heterocycles. The van der Waals surface area contributed by atoms with E-state index in [1.54, 1.807) is 35.8 Å². The fourth-order valence-electron chi connectivity index (χ4n) is 2.72. The molecule has 0 fully saturated rings. The molecule has 0 bridgehead atoms. The van der Waals surface area contributed by atoms with Crippen LogP contribution in [0.3, 0.4) is 0 Å². The number of nitrogens with zero attached hydrogens (tertiary/aromatic N) is 4. The number of hydrogen-bond donors (Lipinski definition) is 3. The van der Waals surface area contributed by atoms with E-state index < -0.39 is 11.2 Å². The van der Waals surface area contributed by atoms with E-state index in [2.05, 4.69) is 27.1 Å². The number of phenols is 1. The van der Waals surface area contributed by atoms with Crippen molar-refractivity contribution in [2.45, 2.75) is 20.4 Å². The Kier molecular flexibility index (Phi) is 4.68. The molecule has 9 nitrogen and oxygen atoms in total. The number of fused-ring (bicyclic) bond motifs is 1. The lowest BCUT2D eigenvalue weighted by Crippen LogP contribution is -2.29. The highest BCUT2D eigenvalue weighted by Gasteiger charge is 2.17. The average molecular weight is 368 g/mol. The van der Waals surface area contributed by atoms with Crippen molar-refractivity contribution in [1.29, 1.82) is 0 Å². The molecule has 140 valence electrons. The standard InChI is InChI=1S/C18H20N6O3/c1-10(2)9-24-14-15(23(4)18(27)20-16(14)26)19-17(24)22-21-11(3)12-7-5-6-8-13(12)25/h5-8,25H,1,9H2,2-4H3,(H,19,22)(H,20,26,27)/b21-11+. The predicted molar refractivity (Wildman–Crippen MR) is 104 cm³/mol. The third kappa shape index (κ3) is 3.39. The maximum absolute atomic E-state index is 12.3. The average Bonchev–Trinajstić information content (AvgIpc) is 2.96. The number of aromatic amines is 1. The van der Waals surface area contributed by atoms with E-state index in [-0.39, 0.29) is 22.9 Å². The largest absolute Gasteiger partial charge is 0.507 e. The summed E-state index contributed by atoms with van der Waals surface area (Å²) in [4.78, 5) is 30.8. The Morgan fingerprint density at radius 2 is 2.04 bits per heavy atom. The first-order valence-electron chi connectivity index (χ1n) is 8.22. The zero-order valence-corrected chi connectivity index (χ0v) is 15.3. The van der Waals surface area contributed by atoms with Gasteiger partial charge in [0.05, 0.1) is 5.71 Å². The van der Waals surface area contributed by atoms with Crippen LogP contribution in [0.15, 0.2) is 51.1 Å². The van der Waals surface area contributed by atoms with E-state index in [1.165, 1.54) is 11.6 Å². The third-order valence-electron chi connectivity index (χ3n) is 4.05. The number of para-hydroxylation sites is 1. The molecule has 9 heteroatoms.